The van der Waals surface area contributed by atoms with Gasteiger partial charge in [0.1, 0.15) is 5.75 Å². The van der Waals surface area contributed by atoms with Crippen molar-refractivity contribution in [2.45, 2.75) is 44.6 Å². The van der Waals surface area contributed by atoms with E-state index in [4.69, 9.17) is 4.74 Å². The number of benzene rings is 1. The number of rotatable bonds is 6. The standard InChI is InChI=1S/C15H21BrN2O4S/c1-9(2)4-5-10(3)18-23(20,21)14-7-13-12(6-11(14)16)17-15(19)8-22-13/h6-7,9-10,18H,4-5,8H2,1-3H3,(H,17,19)/t10-/m0/s1. The Kier molecular flexibility index (Phi) is 5.70. The first kappa shape index (κ1) is 18.2. The molecule has 0 radical (unpaired) electrons. The molecule has 0 spiro atoms. The van der Waals surface area contributed by atoms with Crippen LogP contribution in [0.2, 0.25) is 0 Å². The van der Waals surface area contributed by atoms with E-state index in [1.165, 1.54) is 6.07 Å². The third kappa shape index (κ3) is 4.68. The number of fused-ring (bicyclic) bond motifs is 1. The Hall–Kier alpha value is -1.12. The third-order valence-electron chi connectivity index (χ3n) is 3.49. The van der Waals surface area contributed by atoms with Crippen LogP contribution in [0.1, 0.15) is 33.6 Å². The van der Waals surface area contributed by atoms with Crippen molar-refractivity contribution in [2.24, 2.45) is 5.92 Å². The van der Waals surface area contributed by atoms with E-state index in [0.29, 0.717) is 21.8 Å². The number of ether oxygens (including phenoxy) is 1. The van der Waals surface area contributed by atoms with Gasteiger partial charge in [-0.05, 0) is 47.7 Å². The van der Waals surface area contributed by atoms with Crippen molar-refractivity contribution in [3.05, 3.63) is 16.6 Å². The molecule has 8 heteroatoms. The first-order valence-electron chi connectivity index (χ1n) is 7.47. The van der Waals surface area contributed by atoms with Gasteiger partial charge in [0.05, 0.1) is 10.6 Å². The minimum Gasteiger partial charge on any atom is -0.482 e. The lowest BCUT2D eigenvalue weighted by molar-refractivity contribution is -0.118. The van der Waals surface area contributed by atoms with Gasteiger partial charge in [0.15, 0.2) is 6.61 Å². The van der Waals surface area contributed by atoms with E-state index in [-0.39, 0.29) is 23.5 Å². The van der Waals surface area contributed by atoms with Crippen molar-refractivity contribution in [3.63, 3.8) is 0 Å². The monoisotopic (exact) mass is 404 g/mol. The van der Waals surface area contributed by atoms with Gasteiger partial charge in [-0.25, -0.2) is 13.1 Å². The van der Waals surface area contributed by atoms with Gasteiger partial charge in [0, 0.05) is 16.6 Å². The number of carbonyl (C=O) groups is 1. The summed E-state index contributed by atoms with van der Waals surface area (Å²) in [6, 6.07) is 2.81. The Morgan fingerprint density at radius 2 is 2.00 bits per heavy atom. The predicted octanol–water partition coefficient (Wildman–Crippen LogP) is 2.88. The van der Waals surface area contributed by atoms with Crippen LogP contribution in [0.3, 0.4) is 0 Å². The van der Waals surface area contributed by atoms with Crippen LogP contribution < -0.4 is 14.8 Å². The van der Waals surface area contributed by atoms with E-state index in [9.17, 15) is 13.2 Å². The Balaban J connectivity index is 2.21. The summed E-state index contributed by atoms with van der Waals surface area (Å²) in [6.45, 7) is 5.94. The maximum Gasteiger partial charge on any atom is 0.262 e. The van der Waals surface area contributed by atoms with Gasteiger partial charge in [-0.3, -0.25) is 4.79 Å². The Morgan fingerprint density at radius 3 is 2.65 bits per heavy atom. The van der Waals surface area contributed by atoms with Crippen molar-refractivity contribution in [1.29, 1.82) is 0 Å². The minimum atomic E-state index is -3.67. The molecule has 23 heavy (non-hydrogen) atoms. The highest BCUT2D eigenvalue weighted by Gasteiger charge is 2.25. The van der Waals surface area contributed by atoms with Crippen LogP contribution in [0.25, 0.3) is 0 Å². The zero-order valence-corrected chi connectivity index (χ0v) is 15.8. The van der Waals surface area contributed by atoms with E-state index >= 15 is 0 Å². The van der Waals surface area contributed by atoms with E-state index in [0.717, 1.165) is 12.8 Å². The molecule has 1 aliphatic heterocycles. The van der Waals surface area contributed by atoms with Crippen molar-refractivity contribution in [1.82, 2.24) is 4.72 Å². The molecule has 0 aliphatic carbocycles. The van der Waals surface area contributed by atoms with Crippen molar-refractivity contribution < 1.29 is 17.9 Å². The Labute approximate surface area is 145 Å². The lowest BCUT2D eigenvalue weighted by Crippen LogP contribution is -2.33. The average Bonchev–Trinajstić information content (AvgIpc) is 2.43. The molecule has 0 bridgehead atoms. The van der Waals surface area contributed by atoms with Crippen molar-refractivity contribution in [2.75, 3.05) is 11.9 Å². The third-order valence-corrected chi connectivity index (χ3v) is 6.04. The molecule has 0 saturated carbocycles. The molecule has 1 atom stereocenters. The normalized spacial score (nSPS) is 15.8. The second-order valence-electron chi connectivity index (χ2n) is 6.11. The molecular formula is C15H21BrN2O4S. The summed E-state index contributed by atoms with van der Waals surface area (Å²) in [5.41, 5.74) is 0.458. The van der Waals surface area contributed by atoms with Gasteiger partial charge in [0.2, 0.25) is 10.0 Å². The first-order valence-corrected chi connectivity index (χ1v) is 9.75. The van der Waals surface area contributed by atoms with Crippen LogP contribution in [0.5, 0.6) is 5.75 Å². The van der Waals surface area contributed by atoms with E-state index in [1.807, 2.05) is 6.92 Å². The Bertz CT molecular complexity index is 704. The van der Waals surface area contributed by atoms with E-state index in [2.05, 4.69) is 39.8 Å². The quantitative estimate of drug-likeness (QED) is 0.762. The Morgan fingerprint density at radius 1 is 1.30 bits per heavy atom. The number of nitrogens with one attached hydrogen (secondary N) is 2. The lowest BCUT2D eigenvalue weighted by atomic mass is 10.1. The molecule has 2 N–H and O–H groups in total. The van der Waals surface area contributed by atoms with Crippen molar-refractivity contribution >= 4 is 37.5 Å². The second kappa shape index (κ2) is 7.19. The fourth-order valence-corrected chi connectivity index (χ4v) is 4.59. The summed E-state index contributed by atoms with van der Waals surface area (Å²) < 4.78 is 33.5. The van der Waals surface area contributed by atoms with Crippen LogP contribution in [-0.2, 0) is 14.8 Å². The summed E-state index contributed by atoms with van der Waals surface area (Å²) in [7, 11) is -3.67. The van der Waals surface area contributed by atoms with Crippen LogP contribution in [0.15, 0.2) is 21.5 Å². The molecule has 2 rings (SSSR count). The SMILES string of the molecule is CC(C)CC[C@H](C)NS(=O)(=O)c1cc2c(cc1Br)NC(=O)CO2. The zero-order chi connectivity index (χ0) is 17.2. The van der Waals surface area contributed by atoms with Gasteiger partial charge in [-0.15, -0.1) is 0 Å². The molecule has 0 fully saturated rings. The van der Waals surface area contributed by atoms with Gasteiger partial charge in [-0.1, -0.05) is 13.8 Å². The van der Waals surface area contributed by atoms with Crippen LogP contribution in [0, 0.1) is 5.92 Å². The number of amides is 1. The summed E-state index contributed by atoms with van der Waals surface area (Å²) in [5, 5.41) is 2.64. The highest BCUT2D eigenvalue weighted by Crippen LogP contribution is 2.35. The molecule has 1 aliphatic rings. The maximum atomic E-state index is 12.6. The molecule has 6 nitrogen and oxygen atoms in total. The fraction of sp³-hybridized carbons (Fsp3) is 0.533. The average molecular weight is 405 g/mol. The summed E-state index contributed by atoms with van der Waals surface area (Å²) >= 11 is 3.26. The number of hydrogen-bond acceptors (Lipinski definition) is 4. The molecule has 1 amide bonds. The molecular weight excluding hydrogens is 384 g/mol. The second-order valence-corrected chi connectivity index (χ2v) is 8.65. The minimum absolute atomic E-state index is 0.101. The molecule has 0 saturated heterocycles. The molecule has 0 aromatic heterocycles. The van der Waals surface area contributed by atoms with Gasteiger partial charge in [0.25, 0.3) is 5.91 Å². The predicted molar refractivity (Wildman–Crippen MR) is 92.1 cm³/mol. The van der Waals surface area contributed by atoms with Crippen molar-refractivity contribution in [3.8, 4) is 5.75 Å². The first-order chi connectivity index (χ1) is 10.7. The zero-order valence-electron chi connectivity index (χ0n) is 13.3. The van der Waals surface area contributed by atoms with E-state index < -0.39 is 10.0 Å². The smallest absolute Gasteiger partial charge is 0.262 e. The molecule has 128 valence electrons. The largest absolute Gasteiger partial charge is 0.482 e. The topological polar surface area (TPSA) is 84.5 Å². The van der Waals surface area contributed by atoms with Gasteiger partial charge >= 0.3 is 0 Å². The number of anilines is 1. The molecule has 1 heterocycles. The van der Waals surface area contributed by atoms with Crippen LogP contribution >= 0.6 is 15.9 Å². The number of hydrogen-bond donors (Lipinski definition) is 2. The number of sulfonamides is 1. The summed E-state index contributed by atoms with van der Waals surface area (Å²) in [5.74, 6) is 0.609. The fourth-order valence-electron chi connectivity index (χ4n) is 2.26. The molecule has 1 aromatic rings. The molecule has 1 aromatic carbocycles. The lowest BCUT2D eigenvalue weighted by Gasteiger charge is -2.21. The van der Waals surface area contributed by atoms with E-state index in [1.54, 1.807) is 6.07 Å². The molecule has 0 unspecified atom stereocenters. The van der Waals surface area contributed by atoms with Gasteiger partial charge < -0.3 is 10.1 Å². The summed E-state index contributed by atoms with van der Waals surface area (Å²) in [4.78, 5) is 11.4. The van der Waals surface area contributed by atoms with Crippen LogP contribution in [-0.4, -0.2) is 27.0 Å². The highest BCUT2D eigenvalue weighted by molar-refractivity contribution is 9.10. The summed E-state index contributed by atoms with van der Waals surface area (Å²) in [6.07, 6.45) is 1.72. The number of halogens is 1. The highest BCUT2D eigenvalue weighted by atomic mass is 79.9. The maximum absolute atomic E-state index is 12.6. The van der Waals surface area contributed by atoms with Crippen LogP contribution in [0.4, 0.5) is 5.69 Å². The number of carbonyl (C=O) groups excluding carboxylic acids is 1. The van der Waals surface area contributed by atoms with Gasteiger partial charge in [-0.2, -0.15) is 0 Å².